The van der Waals surface area contributed by atoms with Crippen molar-refractivity contribution >= 4 is 6.09 Å². The first-order chi connectivity index (χ1) is 6.75. The van der Waals surface area contributed by atoms with Crippen LogP contribution >= 0.6 is 0 Å². The summed E-state index contributed by atoms with van der Waals surface area (Å²) in [6.45, 7) is 1.13. The minimum Gasteiger partial charge on any atom is -0.448 e. The fraction of sp³-hybridized carbons (Fsp3) is 0.900. The van der Waals surface area contributed by atoms with E-state index >= 15 is 0 Å². The van der Waals surface area contributed by atoms with E-state index in [1.54, 1.807) is 0 Å². The molecule has 0 radical (unpaired) electrons. The molecular formula is C10H18N2O2. The summed E-state index contributed by atoms with van der Waals surface area (Å²) in [6.07, 6.45) is 4.81. The van der Waals surface area contributed by atoms with E-state index < -0.39 is 6.09 Å². The van der Waals surface area contributed by atoms with E-state index in [0.717, 1.165) is 18.4 Å². The third-order valence-corrected chi connectivity index (χ3v) is 3.49. The summed E-state index contributed by atoms with van der Waals surface area (Å²) < 4.78 is 4.66. The SMILES string of the molecule is NC(=O)OCCNC1CC2CCC1C2. The Balaban J connectivity index is 1.60. The smallest absolute Gasteiger partial charge is 0.404 e. The molecule has 2 fully saturated rings. The average molecular weight is 198 g/mol. The van der Waals surface area contributed by atoms with E-state index in [9.17, 15) is 4.79 Å². The normalized spacial score (nSPS) is 34.7. The van der Waals surface area contributed by atoms with Gasteiger partial charge in [-0.3, -0.25) is 0 Å². The zero-order valence-electron chi connectivity index (χ0n) is 8.37. The number of hydrogen-bond donors (Lipinski definition) is 2. The van der Waals surface area contributed by atoms with Gasteiger partial charge in [-0.1, -0.05) is 6.42 Å². The lowest BCUT2D eigenvalue weighted by Gasteiger charge is -2.22. The molecule has 2 saturated carbocycles. The lowest BCUT2D eigenvalue weighted by atomic mass is 9.95. The summed E-state index contributed by atoms with van der Waals surface area (Å²) in [6, 6.07) is 0.658. The maximum Gasteiger partial charge on any atom is 0.404 e. The van der Waals surface area contributed by atoms with Gasteiger partial charge in [0.15, 0.2) is 0 Å². The van der Waals surface area contributed by atoms with Crippen LogP contribution in [0.4, 0.5) is 4.79 Å². The van der Waals surface area contributed by atoms with E-state index in [0.29, 0.717) is 12.6 Å². The van der Waals surface area contributed by atoms with Crippen LogP contribution in [0.1, 0.15) is 25.7 Å². The Morgan fingerprint density at radius 3 is 2.86 bits per heavy atom. The highest BCUT2D eigenvalue weighted by molar-refractivity contribution is 5.64. The van der Waals surface area contributed by atoms with E-state index in [1.165, 1.54) is 25.7 Å². The third kappa shape index (κ3) is 2.18. The molecule has 0 aromatic carbocycles. The van der Waals surface area contributed by atoms with Crippen LogP contribution in [0.3, 0.4) is 0 Å². The van der Waals surface area contributed by atoms with Crippen molar-refractivity contribution in [3.8, 4) is 0 Å². The lowest BCUT2D eigenvalue weighted by Crippen LogP contribution is -2.36. The fourth-order valence-corrected chi connectivity index (χ4v) is 2.89. The first kappa shape index (κ1) is 9.77. The molecule has 3 atom stereocenters. The van der Waals surface area contributed by atoms with E-state index in [1.807, 2.05) is 0 Å². The molecule has 1 amide bonds. The first-order valence-electron chi connectivity index (χ1n) is 5.41. The predicted molar refractivity (Wildman–Crippen MR) is 52.8 cm³/mol. The van der Waals surface area contributed by atoms with Gasteiger partial charge in [-0.2, -0.15) is 0 Å². The Morgan fingerprint density at radius 2 is 2.29 bits per heavy atom. The molecule has 4 heteroatoms. The van der Waals surface area contributed by atoms with Crippen molar-refractivity contribution in [2.24, 2.45) is 17.6 Å². The maximum atomic E-state index is 10.3. The number of rotatable bonds is 4. The van der Waals surface area contributed by atoms with Crippen LogP contribution in [0.25, 0.3) is 0 Å². The third-order valence-electron chi connectivity index (χ3n) is 3.49. The predicted octanol–water partition coefficient (Wildman–Crippen LogP) is 0.860. The Kier molecular flexibility index (Phi) is 2.91. The van der Waals surface area contributed by atoms with Gasteiger partial charge < -0.3 is 15.8 Å². The van der Waals surface area contributed by atoms with Crippen LogP contribution in [0, 0.1) is 11.8 Å². The van der Waals surface area contributed by atoms with Crippen LogP contribution in [0.2, 0.25) is 0 Å². The zero-order valence-corrected chi connectivity index (χ0v) is 8.37. The molecule has 0 saturated heterocycles. The summed E-state index contributed by atoms with van der Waals surface area (Å²) in [4.78, 5) is 10.3. The molecule has 0 heterocycles. The lowest BCUT2D eigenvalue weighted by molar-refractivity contribution is 0.154. The number of hydrogen-bond acceptors (Lipinski definition) is 3. The summed E-state index contributed by atoms with van der Waals surface area (Å²) >= 11 is 0. The monoisotopic (exact) mass is 198 g/mol. The maximum absolute atomic E-state index is 10.3. The largest absolute Gasteiger partial charge is 0.448 e. The molecule has 2 aliphatic rings. The fourth-order valence-electron chi connectivity index (χ4n) is 2.89. The zero-order chi connectivity index (χ0) is 9.97. The number of amides is 1. The molecule has 14 heavy (non-hydrogen) atoms. The molecule has 80 valence electrons. The molecule has 2 bridgehead atoms. The highest BCUT2D eigenvalue weighted by atomic mass is 16.5. The molecule has 0 spiro atoms. The Morgan fingerprint density at radius 1 is 1.43 bits per heavy atom. The van der Waals surface area contributed by atoms with Crippen LogP contribution in [-0.4, -0.2) is 25.3 Å². The van der Waals surface area contributed by atoms with Gasteiger partial charge in [0.05, 0.1) is 0 Å². The number of fused-ring (bicyclic) bond motifs is 2. The molecular weight excluding hydrogens is 180 g/mol. The van der Waals surface area contributed by atoms with Crippen molar-refractivity contribution in [2.75, 3.05) is 13.2 Å². The van der Waals surface area contributed by atoms with Crippen molar-refractivity contribution in [1.82, 2.24) is 5.32 Å². The number of ether oxygens (including phenoxy) is 1. The van der Waals surface area contributed by atoms with Gasteiger partial charge in [0, 0.05) is 12.6 Å². The van der Waals surface area contributed by atoms with Crippen LogP contribution in [0.5, 0.6) is 0 Å². The van der Waals surface area contributed by atoms with E-state index in [-0.39, 0.29) is 0 Å². The van der Waals surface area contributed by atoms with Crippen molar-refractivity contribution in [1.29, 1.82) is 0 Å². The molecule has 3 N–H and O–H groups in total. The van der Waals surface area contributed by atoms with Gasteiger partial charge in [0.1, 0.15) is 6.61 Å². The van der Waals surface area contributed by atoms with Gasteiger partial charge in [-0.25, -0.2) is 4.79 Å². The highest BCUT2D eigenvalue weighted by Crippen LogP contribution is 2.44. The Labute approximate surface area is 84.2 Å². The molecule has 0 aliphatic heterocycles. The topological polar surface area (TPSA) is 64.4 Å². The Hall–Kier alpha value is -0.770. The quantitative estimate of drug-likeness (QED) is 0.658. The standard InChI is InChI=1S/C10H18N2O2/c11-10(13)14-4-3-12-9-6-7-1-2-8(9)5-7/h7-9,12H,1-6H2,(H2,11,13). The molecule has 4 nitrogen and oxygen atoms in total. The molecule has 2 rings (SSSR count). The summed E-state index contributed by atoms with van der Waals surface area (Å²) in [7, 11) is 0. The summed E-state index contributed by atoms with van der Waals surface area (Å²) in [5.41, 5.74) is 4.86. The highest BCUT2D eigenvalue weighted by Gasteiger charge is 2.38. The average Bonchev–Trinajstić information content (AvgIpc) is 2.73. The number of carbonyl (C=O) groups excluding carboxylic acids is 1. The van der Waals surface area contributed by atoms with Gasteiger partial charge in [0.25, 0.3) is 0 Å². The van der Waals surface area contributed by atoms with Crippen LogP contribution < -0.4 is 11.1 Å². The Bertz CT molecular complexity index is 220. The number of carbonyl (C=O) groups is 1. The second kappa shape index (κ2) is 4.17. The second-order valence-electron chi connectivity index (χ2n) is 4.40. The first-order valence-corrected chi connectivity index (χ1v) is 5.41. The molecule has 2 aliphatic carbocycles. The van der Waals surface area contributed by atoms with E-state index in [4.69, 9.17) is 5.73 Å². The van der Waals surface area contributed by atoms with Crippen molar-refractivity contribution in [2.45, 2.75) is 31.7 Å². The number of nitrogens with two attached hydrogens (primary N) is 1. The number of primary amides is 1. The number of nitrogens with one attached hydrogen (secondary N) is 1. The summed E-state index contributed by atoms with van der Waals surface area (Å²) in [5, 5.41) is 3.44. The van der Waals surface area contributed by atoms with Crippen molar-refractivity contribution < 1.29 is 9.53 Å². The molecule has 0 aromatic rings. The minimum atomic E-state index is -0.681. The van der Waals surface area contributed by atoms with Gasteiger partial charge in [-0.05, 0) is 31.1 Å². The van der Waals surface area contributed by atoms with Gasteiger partial charge in [-0.15, -0.1) is 0 Å². The van der Waals surface area contributed by atoms with Gasteiger partial charge in [0.2, 0.25) is 0 Å². The van der Waals surface area contributed by atoms with Gasteiger partial charge >= 0.3 is 6.09 Å². The summed E-state index contributed by atoms with van der Waals surface area (Å²) in [5.74, 6) is 1.82. The van der Waals surface area contributed by atoms with E-state index in [2.05, 4.69) is 10.1 Å². The molecule has 0 aromatic heterocycles. The van der Waals surface area contributed by atoms with Crippen molar-refractivity contribution in [3.63, 3.8) is 0 Å². The molecule has 3 unspecified atom stereocenters. The van der Waals surface area contributed by atoms with Crippen molar-refractivity contribution in [3.05, 3.63) is 0 Å². The van der Waals surface area contributed by atoms with Crippen LogP contribution in [0.15, 0.2) is 0 Å². The minimum absolute atomic E-state index is 0.392. The van der Waals surface area contributed by atoms with Crippen LogP contribution in [-0.2, 0) is 4.74 Å². The second-order valence-corrected chi connectivity index (χ2v) is 4.40.